The maximum atomic E-state index is 11.0. The molecular weight excluding hydrogens is 178 g/mol. The van der Waals surface area contributed by atoms with Crippen molar-refractivity contribution in [2.75, 3.05) is 11.9 Å². The average Bonchev–Trinajstić information content (AvgIpc) is 2.18. The number of rotatable bonds is 2. The summed E-state index contributed by atoms with van der Waals surface area (Å²) < 4.78 is 0. The number of benzene rings is 1. The second kappa shape index (κ2) is 4.40. The summed E-state index contributed by atoms with van der Waals surface area (Å²) in [5.41, 5.74) is 6.99. The Balaban J connectivity index is 3.04. The molecule has 1 rings (SSSR count). The Morgan fingerprint density at radius 3 is 2.93 bits per heavy atom. The van der Waals surface area contributed by atoms with E-state index in [1.54, 1.807) is 12.1 Å². The van der Waals surface area contributed by atoms with Gasteiger partial charge in [-0.15, -0.1) is 0 Å². The summed E-state index contributed by atoms with van der Waals surface area (Å²) in [4.78, 5) is 11.0. The van der Waals surface area contributed by atoms with Crippen molar-refractivity contribution in [3.63, 3.8) is 0 Å². The molecule has 0 fully saturated rings. The number of hydrogen-bond donors (Lipinski definition) is 2. The highest BCUT2D eigenvalue weighted by atomic mass is 16.1. The van der Waals surface area contributed by atoms with E-state index in [2.05, 4.69) is 5.32 Å². The van der Waals surface area contributed by atoms with E-state index >= 15 is 0 Å². The van der Waals surface area contributed by atoms with Crippen molar-refractivity contribution in [1.82, 2.24) is 0 Å². The Labute approximate surface area is 82.3 Å². The molecule has 0 saturated carbocycles. The van der Waals surface area contributed by atoms with Gasteiger partial charge in [0.05, 0.1) is 17.8 Å². The van der Waals surface area contributed by atoms with Crippen molar-refractivity contribution in [2.24, 2.45) is 5.73 Å². The molecule has 0 unspecified atom stereocenters. The molecule has 4 nitrogen and oxygen atoms in total. The number of carbonyl (C=O) groups excluding carboxylic acids is 1. The molecule has 0 bridgehead atoms. The first kappa shape index (κ1) is 10.2. The van der Waals surface area contributed by atoms with Crippen molar-refractivity contribution in [3.8, 4) is 6.07 Å². The first-order chi connectivity index (χ1) is 6.69. The van der Waals surface area contributed by atoms with Crippen molar-refractivity contribution >= 4 is 11.6 Å². The van der Waals surface area contributed by atoms with Gasteiger partial charge in [0.25, 0.3) is 0 Å². The monoisotopic (exact) mass is 189 g/mol. The highest BCUT2D eigenvalue weighted by Crippen LogP contribution is 2.17. The lowest BCUT2D eigenvalue weighted by atomic mass is 10.1. The van der Waals surface area contributed by atoms with Crippen LogP contribution in [-0.2, 0) is 4.79 Å². The molecule has 14 heavy (non-hydrogen) atoms. The lowest BCUT2D eigenvalue weighted by Gasteiger charge is -2.06. The van der Waals surface area contributed by atoms with E-state index in [-0.39, 0.29) is 12.5 Å². The normalized spacial score (nSPS) is 9.21. The Kier molecular flexibility index (Phi) is 3.21. The third-order valence-electron chi connectivity index (χ3n) is 1.84. The molecule has 0 aromatic heterocycles. The zero-order chi connectivity index (χ0) is 10.6. The van der Waals surface area contributed by atoms with Crippen LogP contribution < -0.4 is 11.1 Å². The molecule has 3 N–H and O–H groups in total. The van der Waals surface area contributed by atoms with Gasteiger partial charge in [-0.25, -0.2) is 0 Å². The maximum absolute atomic E-state index is 11.0. The summed E-state index contributed by atoms with van der Waals surface area (Å²) in [6, 6.07) is 7.31. The zero-order valence-electron chi connectivity index (χ0n) is 7.87. The Hall–Kier alpha value is -1.86. The summed E-state index contributed by atoms with van der Waals surface area (Å²) >= 11 is 0. The predicted octanol–water partition coefficient (Wildman–Crippen LogP) is 0.764. The highest BCUT2D eigenvalue weighted by Gasteiger charge is 2.06. The van der Waals surface area contributed by atoms with Gasteiger partial charge in [0.1, 0.15) is 6.07 Å². The van der Waals surface area contributed by atoms with Gasteiger partial charge < -0.3 is 11.1 Å². The van der Waals surface area contributed by atoms with Crippen LogP contribution in [0.5, 0.6) is 0 Å². The van der Waals surface area contributed by atoms with Gasteiger partial charge in [0, 0.05) is 0 Å². The van der Waals surface area contributed by atoms with Crippen LogP contribution >= 0.6 is 0 Å². The average molecular weight is 189 g/mol. The molecule has 0 spiro atoms. The highest BCUT2D eigenvalue weighted by molar-refractivity contribution is 5.93. The molecule has 0 radical (unpaired) electrons. The van der Waals surface area contributed by atoms with Crippen LogP contribution in [0.15, 0.2) is 18.2 Å². The fourth-order valence-electron chi connectivity index (χ4n) is 1.12. The number of aryl methyl sites for hydroxylation is 1. The third-order valence-corrected chi connectivity index (χ3v) is 1.84. The molecule has 0 aliphatic heterocycles. The first-order valence-corrected chi connectivity index (χ1v) is 4.18. The Morgan fingerprint density at radius 2 is 2.36 bits per heavy atom. The minimum absolute atomic E-state index is 0.0845. The van der Waals surface area contributed by atoms with Crippen molar-refractivity contribution in [2.45, 2.75) is 6.92 Å². The van der Waals surface area contributed by atoms with Gasteiger partial charge in [-0.1, -0.05) is 12.1 Å². The van der Waals surface area contributed by atoms with Crippen LogP contribution in [0, 0.1) is 18.3 Å². The Morgan fingerprint density at radius 1 is 1.64 bits per heavy atom. The number of nitriles is 1. The molecule has 72 valence electrons. The number of anilines is 1. The molecule has 1 aromatic carbocycles. The van der Waals surface area contributed by atoms with Crippen LogP contribution in [0.4, 0.5) is 5.69 Å². The van der Waals surface area contributed by atoms with E-state index < -0.39 is 0 Å². The van der Waals surface area contributed by atoms with Crippen molar-refractivity contribution in [1.29, 1.82) is 5.26 Å². The molecule has 1 aromatic rings. The number of nitrogens with zero attached hydrogens (tertiary/aromatic N) is 1. The molecule has 4 heteroatoms. The number of amides is 1. The van der Waals surface area contributed by atoms with E-state index in [1.165, 1.54) is 0 Å². The van der Waals surface area contributed by atoms with Crippen molar-refractivity contribution < 1.29 is 4.79 Å². The SMILES string of the molecule is Cc1cccc(NC(=O)CN)c1C#N. The number of carbonyl (C=O) groups is 1. The van der Waals surface area contributed by atoms with Gasteiger partial charge in [-0.05, 0) is 18.6 Å². The van der Waals surface area contributed by atoms with Crippen LogP contribution in [0.25, 0.3) is 0 Å². The van der Waals surface area contributed by atoms with Crippen molar-refractivity contribution in [3.05, 3.63) is 29.3 Å². The minimum atomic E-state index is -0.299. The lowest BCUT2D eigenvalue weighted by molar-refractivity contribution is -0.114. The first-order valence-electron chi connectivity index (χ1n) is 4.18. The largest absolute Gasteiger partial charge is 0.324 e. The molecule has 0 aliphatic rings. The molecule has 0 heterocycles. The number of nitrogens with one attached hydrogen (secondary N) is 1. The second-order valence-electron chi connectivity index (χ2n) is 2.86. The quantitative estimate of drug-likeness (QED) is 0.721. The minimum Gasteiger partial charge on any atom is -0.324 e. The number of nitrogens with two attached hydrogens (primary N) is 1. The standard InChI is InChI=1S/C10H11N3O/c1-7-3-2-4-9(8(7)5-11)13-10(14)6-12/h2-4H,6,12H2,1H3,(H,13,14). The summed E-state index contributed by atoms with van der Waals surface area (Å²) in [6.07, 6.45) is 0. The smallest absolute Gasteiger partial charge is 0.238 e. The fraction of sp³-hybridized carbons (Fsp3) is 0.200. The molecule has 0 saturated heterocycles. The fourth-order valence-corrected chi connectivity index (χ4v) is 1.12. The van der Waals surface area contributed by atoms with E-state index in [4.69, 9.17) is 11.0 Å². The zero-order valence-corrected chi connectivity index (χ0v) is 7.87. The second-order valence-corrected chi connectivity index (χ2v) is 2.86. The number of hydrogen-bond acceptors (Lipinski definition) is 3. The van der Waals surface area contributed by atoms with Gasteiger partial charge in [-0.2, -0.15) is 5.26 Å². The molecule has 1 amide bonds. The Bertz CT molecular complexity index is 393. The topological polar surface area (TPSA) is 78.9 Å². The molecule has 0 atom stereocenters. The summed E-state index contributed by atoms with van der Waals surface area (Å²) in [5.74, 6) is -0.299. The third kappa shape index (κ3) is 2.09. The molecule has 0 aliphatic carbocycles. The lowest BCUT2D eigenvalue weighted by Crippen LogP contribution is -2.22. The van der Waals surface area contributed by atoms with E-state index in [0.29, 0.717) is 11.3 Å². The van der Waals surface area contributed by atoms with E-state index in [1.807, 2.05) is 19.1 Å². The van der Waals surface area contributed by atoms with Crippen LogP contribution in [0.2, 0.25) is 0 Å². The van der Waals surface area contributed by atoms with Gasteiger partial charge in [0.15, 0.2) is 0 Å². The molecular formula is C10H11N3O. The van der Waals surface area contributed by atoms with Crippen LogP contribution in [0.3, 0.4) is 0 Å². The van der Waals surface area contributed by atoms with Gasteiger partial charge in [0.2, 0.25) is 5.91 Å². The summed E-state index contributed by atoms with van der Waals surface area (Å²) in [5, 5.41) is 11.4. The van der Waals surface area contributed by atoms with Gasteiger partial charge >= 0.3 is 0 Å². The van der Waals surface area contributed by atoms with E-state index in [0.717, 1.165) is 5.56 Å². The van der Waals surface area contributed by atoms with E-state index in [9.17, 15) is 4.79 Å². The van der Waals surface area contributed by atoms with Gasteiger partial charge in [-0.3, -0.25) is 4.79 Å². The summed E-state index contributed by atoms with van der Waals surface area (Å²) in [6.45, 7) is 1.73. The predicted molar refractivity (Wildman–Crippen MR) is 53.6 cm³/mol. The summed E-state index contributed by atoms with van der Waals surface area (Å²) in [7, 11) is 0. The maximum Gasteiger partial charge on any atom is 0.238 e. The van der Waals surface area contributed by atoms with Crippen LogP contribution in [-0.4, -0.2) is 12.5 Å². The van der Waals surface area contributed by atoms with Crippen LogP contribution in [0.1, 0.15) is 11.1 Å².